The van der Waals surface area contributed by atoms with Crippen LogP contribution in [0.4, 0.5) is 32.6 Å². The molecule has 4 aliphatic heterocycles. The number of fused-ring (bicyclic) bond motifs is 10. The first-order valence-electron chi connectivity index (χ1n) is 26.9. The smallest absolute Gasteiger partial charge is 0.407 e. The summed E-state index contributed by atoms with van der Waals surface area (Å²) >= 11 is 0. The molecular weight excluding hydrogens is 1030 g/mol. The van der Waals surface area contributed by atoms with Crippen LogP contribution in [0.5, 0.6) is 0 Å². The molecular formula is C60H64N14O7. The molecule has 0 saturated carbocycles. The van der Waals surface area contributed by atoms with Gasteiger partial charge in [-0.2, -0.15) is 0 Å². The number of hydrogen-bond donors (Lipinski definition) is 6. The summed E-state index contributed by atoms with van der Waals surface area (Å²) in [6.45, 7) is 14.2. The first kappa shape index (κ1) is 54.8. The molecule has 21 heteroatoms. The number of ether oxygens (including phenoxy) is 2. The molecule has 0 aliphatic carbocycles. The van der Waals surface area contributed by atoms with Crippen molar-refractivity contribution in [2.45, 2.75) is 90.5 Å². The van der Waals surface area contributed by atoms with Gasteiger partial charge in [0.1, 0.15) is 11.2 Å². The van der Waals surface area contributed by atoms with Gasteiger partial charge in [-0.3, -0.25) is 13.9 Å². The zero-order valence-electron chi connectivity index (χ0n) is 45.9. The van der Waals surface area contributed by atoms with E-state index in [1.807, 2.05) is 153 Å². The van der Waals surface area contributed by atoms with Crippen LogP contribution < -0.4 is 26.6 Å². The van der Waals surface area contributed by atoms with Crippen molar-refractivity contribution in [3.8, 4) is 56.9 Å². The van der Waals surface area contributed by atoms with E-state index in [2.05, 4.69) is 56.9 Å². The minimum Gasteiger partial charge on any atom is -0.478 e. The van der Waals surface area contributed by atoms with Crippen LogP contribution in [0, 0.1) is 0 Å². The predicted octanol–water partition coefficient (Wildman–Crippen LogP) is 10.2. The molecule has 8 aromatic rings. The number of amides is 3. The first-order chi connectivity index (χ1) is 39.0. The van der Waals surface area contributed by atoms with Crippen molar-refractivity contribution >= 4 is 47.1 Å². The summed E-state index contributed by atoms with van der Waals surface area (Å²) in [6, 6.07) is 37.8. The molecule has 2 fully saturated rings. The van der Waals surface area contributed by atoms with E-state index in [0.717, 1.165) is 70.9 Å². The van der Waals surface area contributed by atoms with Crippen molar-refractivity contribution in [2.75, 3.05) is 36.8 Å². The number of aromatic nitrogens is 8. The van der Waals surface area contributed by atoms with Crippen molar-refractivity contribution < 1.29 is 33.8 Å². The van der Waals surface area contributed by atoms with Crippen molar-refractivity contribution in [2.24, 2.45) is 0 Å². The highest BCUT2D eigenvalue weighted by Gasteiger charge is 2.30. The number of likely N-dealkylation sites (tertiary alicyclic amines) is 1. The number of carbonyl (C=O) groups is 4. The number of rotatable bonds is 6. The van der Waals surface area contributed by atoms with Crippen molar-refractivity contribution in [1.82, 2.24) is 60.3 Å². The SMILES string of the molecule is CC(C)(C)OC(=O)NC1CCN(C(=O)c2ccc(-c3nnc4n3-c3cccnc3Nc3ccccc3-4)cc2)CC1.CC(C)(C)OC(=O)NC1CCNCC1.O=C(O)c1ccc(-c2nnc3n2-c2cccnc2Nc2ccccc2-3)cc1. The number of carboxylic acids is 1. The fourth-order valence-corrected chi connectivity index (χ4v) is 9.77. The fourth-order valence-electron chi connectivity index (χ4n) is 9.77. The largest absolute Gasteiger partial charge is 0.478 e. The van der Waals surface area contributed by atoms with Gasteiger partial charge < -0.3 is 46.1 Å². The van der Waals surface area contributed by atoms with Gasteiger partial charge in [-0.05, 0) is 153 Å². The predicted molar refractivity (Wildman–Crippen MR) is 307 cm³/mol. The van der Waals surface area contributed by atoms with E-state index < -0.39 is 23.3 Å². The summed E-state index contributed by atoms with van der Waals surface area (Å²) in [6.07, 6.45) is 6.08. The van der Waals surface area contributed by atoms with E-state index in [0.29, 0.717) is 66.4 Å². The first-order valence-corrected chi connectivity index (χ1v) is 26.9. The molecule has 0 spiro atoms. The second-order valence-electron chi connectivity index (χ2n) is 21.8. The molecule has 416 valence electrons. The highest BCUT2D eigenvalue weighted by Crippen LogP contribution is 2.41. The highest BCUT2D eigenvalue weighted by molar-refractivity contribution is 5.95. The molecule has 0 unspecified atom stereocenters. The van der Waals surface area contributed by atoms with Crippen LogP contribution in [0.1, 0.15) is 87.9 Å². The topological polar surface area (TPSA) is 258 Å². The average Bonchev–Trinajstić information content (AvgIpc) is 3.72. The van der Waals surface area contributed by atoms with Crippen molar-refractivity contribution in [1.29, 1.82) is 0 Å². The van der Waals surface area contributed by atoms with E-state index in [1.54, 1.807) is 36.7 Å². The number of piperidine rings is 2. The number of pyridine rings is 2. The van der Waals surface area contributed by atoms with E-state index in [4.69, 9.17) is 14.6 Å². The maximum absolute atomic E-state index is 13.3. The van der Waals surface area contributed by atoms with Crippen molar-refractivity contribution in [3.63, 3.8) is 0 Å². The maximum Gasteiger partial charge on any atom is 0.407 e. The number of para-hydroxylation sites is 2. The maximum atomic E-state index is 13.3. The number of alkyl carbamates (subject to hydrolysis) is 2. The summed E-state index contributed by atoms with van der Waals surface area (Å²) in [5.41, 5.74) is 6.81. The third-order valence-corrected chi connectivity index (χ3v) is 13.6. The standard InChI is InChI=1S/C30H31N7O3.C20H13N5O2.C10H20N2O2/c1-30(2,3)40-29(39)32-21-14-17-36(18-15-21)28(38)20-12-10-19(11-13-20)26-34-35-27-22-7-4-5-8-23(22)33-25-24(37(26)27)9-6-16-31-25;26-20(27)13-9-7-12(8-10-13)18-23-24-19-14-4-1-2-5-15(14)22-17-16(25(18)19)6-3-11-21-17;1-10(2,3)14-9(13)12-8-4-6-11-7-5-8/h4-13,16,21H,14-15,17-18H2,1-3H3,(H,31,33)(H,32,39);1-11H,(H,21,22)(H,26,27);8,11H,4-7H2,1-3H3,(H,12,13). The number of nitrogens with zero attached hydrogens (tertiary/aromatic N) is 9. The van der Waals surface area contributed by atoms with Gasteiger partial charge in [-0.15, -0.1) is 20.4 Å². The Labute approximate surface area is 468 Å². The monoisotopic (exact) mass is 1090 g/mol. The van der Waals surface area contributed by atoms with E-state index >= 15 is 0 Å². The number of hydrogen-bond acceptors (Lipinski definition) is 15. The minimum atomic E-state index is -0.964. The Morgan fingerprint density at radius 3 is 1.40 bits per heavy atom. The summed E-state index contributed by atoms with van der Waals surface area (Å²) < 4.78 is 14.5. The van der Waals surface area contributed by atoms with Gasteiger partial charge in [-0.25, -0.2) is 24.4 Å². The molecule has 81 heavy (non-hydrogen) atoms. The van der Waals surface area contributed by atoms with Crippen LogP contribution >= 0.6 is 0 Å². The van der Waals surface area contributed by atoms with Crippen LogP contribution in [-0.2, 0) is 9.47 Å². The fraction of sp³-hybridized carbons (Fsp3) is 0.300. The summed E-state index contributed by atoms with van der Waals surface area (Å²) in [7, 11) is 0. The van der Waals surface area contributed by atoms with Crippen LogP contribution in [-0.4, -0.2) is 123 Å². The Hall–Kier alpha value is -9.50. The lowest BCUT2D eigenvalue weighted by Gasteiger charge is -2.33. The van der Waals surface area contributed by atoms with Crippen LogP contribution in [0.2, 0.25) is 0 Å². The molecule has 4 aromatic carbocycles. The van der Waals surface area contributed by atoms with Gasteiger partial charge in [0.15, 0.2) is 34.9 Å². The van der Waals surface area contributed by atoms with Gasteiger partial charge in [0.25, 0.3) is 5.91 Å². The molecule has 4 aromatic heterocycles. The molecule has 6 N–H and O–H groups in total. The molecule has 12 rings (SSSR count). The summed E-state index contributed by atoms with van der Waals surface area (Å²) in [5, 5.41) is 42.8. The number of anilines is 4. The Bertz CT molecular complexity index is 3570. The average molecular weight is 1090 g/mol. The Kier molecular flexibility index (Phi) is 15.9. The van der Waals surface area contributed by atoms with Gasteiger partial charge in [0.05, 0.1) is 28.3 Å². The molecule has 4 aliphatic rings. The molecule has 3 amide bonds. The second kappa shape index (κ2) is 23.5. The normalized spacial score (nSPS) is 14.4. The number of carbonyl (C=O) groups excluding carboxylic acids is 3. The van der Waals surface area contributed by atoms with Gasteiger partial charge in [-0.1, -0.05) is 48.5 Å². The third kappa shape index (κ3) is 12.8. The summed E-state index contributed by atoms with van der Waals surface area (Å²) in [5.74, 6) is 3.11. The molecule has 2 saturated heterocycles. The molecule has 0 bridgehead atoms. The lowest BCUT2D eigenvalue weighted by molar-refractivity contribution is 0.0466. The minimum absolute atomic E-state index is 0.0125. The molecule has 0 atom stereocenters. The zero-order valence-corrected chi connectivity index (χ0v) is 45.9. The summed E-state index contributed by atoms with van der Waals surface area (Å²) in [4.78, 5) is 58.7. The van der Waals surface area contributed by atoms with Crippen LogP contribution in [0.3, 0.4) is 0 Å². The molecule has 8 heterocycles. The van der Waals surface area contributed by atoms with Crippen molar-refractivity contribution in [3.05, 3.63) is 145 Å². The van der Waals surface area contributed by atoms with Gasteiger partial charge in [0, 0.05) is 65.4 Å². The Morgan fingerprint density at radius 2 is 0.951 bits per heavy atom. The Balaban J connectivity index is 0.000000154. The third-order valence-electron chi connectivity index (χ3n) is 13.6. The quantitative estimate of drug-likeness (QED) is 0.0905. The molecule has 21 nitrogen and oxygen atoms in total. The van der Waals surface area contributed by atoms with Gasteiger partial charge in [0.2, 0.25) is 0 Å². The van der Waals surface area contributed by atoms with E-state index in [-0.39, 0.29) is 29.6 Å². The lowest BCUT2D eigenvalue weighted by Crippen LogP contribution is -2.47. The lowest BCUT2D eigenvalue weighted by atomic mass is 10.0. The van der Waals surface area contributed by atoms with E-state index in [1.165, 1.54) is 0 Å². The van der Waals surface area contributed by atoms with E-state index in [9.17, 15) is 19.2 Å². The molecule has 0 radical (unpaired) electrons. The van der Waals surface area contributed by atoms with Crippen LogP contribution in [0.25, 0.3) is 56.9 Å². The zero-order chi connectivity index (χ0) is 56.8. The second-order valence-corrected chi connectivity index (χ2v) is 21.8. The Morgan fingerprint density at radius 1 is 0.531 bits per heavy atom. The number of carboxylic acid groups (broad SMARTS) is 1. The van der Waals surface area contributed by atoms with Crippen LogP contribution in [0.15, 0.2) is 134 Å². The highest BCUT2D eigenvalue weighted by atomic mass is 16.6. The van der Waals surface area contributed by atoms with Gasteiger partial charge >= 0.3 is 18.2 Å². The number of benzene rings is 4. The number of nitrogens with one attached hydrogen (secondary N) is 5. The number of aromatic carboxylic acids is 1.